The molecule has 0 bridgehead atoms. The van der Waals surface area contributed by atoms with Crippen LogP contribution in [-0.4, -0.2) is 0 Å². The Kier molecular flexibility index (Phi) is 3.56. The first kappa shape index (κ1) is 11.9. The SMILES string of the molecule is CCc1cc(Cl)cc(C2(N)CCCCC2)c1. The molecule has 1 aromatic carbocycles. The smallest absolute Gasteiger partial charge is 0.0412 e. The Bertz CT molecular complexity index is 367. The van der Waals surface area contributed by atoms with Crippen molar-refractivity contribution in [2.24, 2.45) is 5.73 Å². The Balaban J connectivity index is 2.34. The van der Waals surface area contributed by atoms with Gasteiger partial charge in [-0.2, -0.15) is 0 Å². The van der Waals surface area contributed by atoms with Gasteiger partial charge in [0.15, 0.2) is 0 Å². The van der Waals surface area contributed by atoms with Crippen LogP contribution >= 0.6 is 11.6 Å². The Labute approximate surface area is 103 Å². The Morgan fingerprint density at radius 1 is 1.19 bits per heavy atom. The second-order valence-corrected chi connectivity index (χ2v) is 5.35. The van der Waals surface area contributed by atoms with Crippen molar-refractivity contribution in [3.8, 4) is 0 Å². The summed E-state index contributed by atoms with van der Waals surface area (Å²) in [5, 5.41) is 0.824. The first-order chi connectivity index (χ1) is 7.64. The second-order valence-electron chi connectivity index (χ2n) is 4.92. The summed E-state index contributed by atoms with van der Waals surface area (Å²) in [7, 11) is 0. The van der Waals surface area contributed by atoms with Gasteiger partial charge in [0.2, 0.25) is 0 Å². The average molecular weight is 238 g/mol. The quantitative estimate of drug-likeness (QED) is 0.826. The zero-order valence-corrected chi connectivity index (χ0v) is 10.7. The van der Waals surface area contributed by atoms with Crippen molar-refractivity contribution >= 4 is 11.6 Å². The average Bonchev–Trinajstić information content (AvgIpc) is 2.29. The lowest BCUT2D eigenvalue weighted by Gasteiger charge is -2.34. The van der Waals surface area contributed by atoms with Gasteiger partial charge in [-0.05, 0) is 42.5 Å². The van der Waals surface area contributed by atoms with Gasteiger partial charge in [-0.1, -0.05) is 43.9 Å². The first-order valence-corrected chi connectivity index (χ1v) is 6.61. The van der Waals surface area contributed by atoms with Gasteiger partial charge in [-0.15, -0.1) is 0 Å². The molecule has 0 atom stereocenters. The molecule has 16 heavy (non-hydrogen) atoms. The zero-order chi connectivity index (χ0) is 11.6. The third-order valence-corrected chi connectivity index (χ3v) is 3.90. The van der Waals surface area contributed by atoms with Crippen LogP contribution in [0.5, 0.6) is 0 Å². The number of nitrogens with two attached hydrogens (primary N) is 1. The van der Waals surface area contributed by atoms with Crippen molar-refractivity contribution in [3.05, 3.63) is 34.3 Å². The van der Waals surface area contributed by atoms with E-state index in [2.05, 4.69) is 13.0 Å². The van der Waals surface area contributed by atoms with Crippen molar-refractivity contribution in [2.75, 3.05) is 0 Å². The molecule has 1 saturated carbocycles. The van der Waals surface area contributed by atoms with Crippen LogP contribution in [0.3, 0.4) is 0 Å². The van der Waals surface area contributed by atoms with E-state index in [1.165, 1.54) is 30.4 Å². The van der Waals surface area contributed by atoms with Crippen molar-refractivity contribution in [2.45, 2.75) is 51.0 Å². The lowest BCUT2D eigenvalue weighted by atomic mass is 9.77. The number of halogens is 1. The molecule has 0 unspecified atom stereocenters. The van der Waals surface area contributed by atoms with Crippen molar-refractivity contribution in [1.29, 1.82) is 0 Å². The van der Waals surface area contributed by atoms with Crippen LogP contribution in [0.4, 0.5) is 0 Å². The predicted octanol–water partition coefficient (Wildman–Crippen LogP) is 4.02. The molecule has 0 radical (unpaired) electrons. The monoisotopic (exact) mass is 237 g/mol. The summed E-state index contributed by atoms with van der Waals surface area (Å²) in [6, 6.07) is 6.32. The fraction of sp³-hybridized carbons (Fsp3) is 0.571. The van der Waals surface area contributed by atoms with Crippen molar-refractivity contribution in [1.82, 2.24) is 0 Å². The Hall–Kier alpha value is -0.530. The maximum absolute atomic E-state index is 6.51. The summed E-state index contributed by atoms with van der Waals surface area (Å²) in [5.74, 6) is 0. The molecule has 2 heteroatoms. The van der Waals surface area contributed by atoms with E-state index < -0.39 is 0 Å². The number of hydrogen-bond donors (Lipinski definition) is 1. The van der Waals surface area contributed by atoms with Crippen LogP contribution < -0.4 is 5.73 Å². The number of hydrogen-bond acceptors (Lipinski definition) is 1. The molecule has 88 valence electrons. The zero-order valence-electron chi connectivity index (χ0n) is 9.93. The summed E-state index contributed by atoms with van der Waals surface area (Å²) in [4.78, 5) is 0. The molecule has 0 spiro atoms. The van der Waals surface area contributed by atoms with Gasteiger partial charge in [0.25, 0.3) is 0 Å². The van der Waals surface area contributed by atoms with Crippen molar-refractivity contribution in [3.63, 3.8) is 0 Å². The molecular formula is C14H20ClN. The van der Waals surface area contributed by atoms with Crippen LogP contribution in [0.15, 0.2) is 18.2 Å². The molecule has 1 nitrogen and oxygen atoms in total. The summed E-state index contributed by atoms with van der Waals surface area (Å²) in [6.07, 6.45) is 7.01. The minimum Gasteiger partial charge on any atom is -0.321 e. The van der Waals surface area contributed by atoms with Gasteiger partial charge < -0.3 is 5.73 Å². The highest BCUT2D eigenvalue weighted by Crippen LogP contribution is 2.36. The minimum atomic E-state index is -0.132. The topological polar surface area (TPSA) is 26.0 Å². The maximum atomic E-state index is 6.51. The van der Waals surface area contributed by atoms with Crippen LogP contribution in [0.25, 0.3) is 0 Å². The van der Waals surface area contributed by atoms with Gasteiger partial charge in [-0.25, -0.2) is 0 Å². The van der Waals surface area contributed by atoms with Gasteiger partial charge in [-0.3, -0.25) is 0 Å². The first-order valence-electron chi connectivity index (χ1n) is 6.23. The third kappa shape index (κ3) is 2.41. The van der Waals surface area contributed by atoms with Crippen LogP contribution in [0.1, 0.15) is 50.2 Å². The van der Waals surface area contributed by atoms with E-state index in [9.17, 15) is 0 Å². The molecule has 1 fully saturated rings. The molecule has 0 saturated heterocycles. The van der Waals surface area contributed by atoms with E-state index in [-0.39, 0.29) is 5.54 Å². The Morgan fingerprint density at radius 2 is 1.88 bits per heavy atom. The lowest BCUT2D eigenvalue weighted by Crippen LogP contribution is -2.38. The fourth-order valence-electron chi connectivity index (χ4n) is 2.61. The number of benzene rings is 1. The Morgan fingerprint density at radius 3 is 2.50 bits per heavy atom. The van der Waals surface area contributed by atoms with Gasteiger partial charge in [0.1, 0.15) is 0 Å². The molecule has 1 aliphatic rings. The fourth-order valence-corrected chi connectivity index (χ4v) is 2.87. The van der Waals surface area contributed by atoms with E-state index >= 15 is 0 Å². The van der Waals surface area contributed by atoms with Crippen LogP contribution in [-0.2, 0) is 12.0 Å². The summed E-state index contributed by atoms with van der Waals surface area (Å²) < 4.78 is 0. The standard InChI is InChI=1S/C14H20ClN/c1-2-11-8-12(10-13(15)9-11)14(16)6-4-3-5-7-14/h8-10H,2-7,16H2,1H3. The summed E-state index contributed by atoms with van der Waals surface area (Å²) in [5.41, 5.74) is 8.90. The molecule has 0 aromatic heterocycles. The molecule has 0 aliphatic heterocycles. The lowest BCUT2D eigenvalue weighted by molar-refractivity contribution is 0.302. The summed E-state index contributed by atoms with van der Waals surface area (Å²) in [6.45, 7) is 2.15. The van der Waals surface area contributed by atoms with Gasteiger partial charge in [0.05, 0.1) is 0 Å². The van der Waals surface area contributed by atoms with Gasteiger partial charge >= 0.3 is 0 Å². The van der Waals surface area contributed by atoms with E-state index in [1.54, 1.807) is 0 Å². The van der Waals surface area contributed by atoms with E-state index in [4.69, 9.17) is 17.3 Å². The highest BCUT2D eigenvalue weighted by atomic mass is 35.5. The van der Waals surface area contributed by atoms with Crippen molar-refractivity contribution < 1.29 is 0 Å². The molecule has 2 rings (SSSR count). The normalized spacial score (nSPS) is 19.7. The number of aryl methyl sites for hydroxylation is 1. The third-order valence-electron chi connectivity index (χ3n) is 3.69. The minimum absolute atomic E-state index is 0.132. The molecule has 1 aliphatic carbocycles. The van der Waals surface area contributed by atoms with E-state index in [1.807, 2.05) is 12.1 Å². The largest absolute Gasteiger partial charge is 0.321 e. The van der Waals surface area contributed by atoms with Crippen LogP contribution in [0, 0.1) is 0 Å². The highest BCUT2D eigenvalue weighted by Gasteiger charge is 2.29. The molecule has 1 aromatic rings. The molecule has 2 N–H and O–H groups in total. The number of rotatable bonds is 2. The maximum Gasteiger partial charge on any atom is 0.0412 e. The molecular weight excluding hydrogens is 218 g/mol. The second kappa shape index (κ2) is 4.77. The highest BCUT2D eigenvalue weighted by molar-refractivity contribution is 6.30. The molecule has 0 amide bonds. The van der Waals surface area contributed by atoms with Gasteiger partial charge in [0, 0.05) is 10.6 Å². The van der Waals surface area contributed by atoms with E-state index in [0.717, 1.165) is 24.3 Å². The van der Waals surface area contributed by atoms with Crippen LogP contribution in [0.2, 0.25) is 5.02 Å². The predicted molar refractivity (Wildman–Crippen MR) is 69.8 cm³/mol. The van der Waals surface area contributed by atoms with E-state index in [0.29, 0.717) is 0 Å². The molecule has 0 heterocycles. The summed E-state index contributed by atoms with van der Waals surface area (Å²) >= 11 is 6.15.